The van der Waals surface area contributed by atoms with Crippen LogP contribution in [0, 0.1) is 0 Å². The molecule has 1 atom stereocenters. The molecule has 6 nitrogen and oxygen atoms in total. The van der Waals surface area contributed by atoms with Gasteiger partial charge >= 0.3 is 17.9 Å². The van der Waals surface area contributed by atoms with Crippen molar-refractivity contribution in [3.63, 3.8) is 0 Å². The molecule has 0 spiro atoms. The van der Waals surface area contributed by atoms with Crippen molar-refractivity contribution in [1.82, 2.24) is 0 Å². The van der Waals surface area contributed by atoms with Crippen molar-refractivity contribution >= 4 is 17.9 Å². The number of hydrogen-bond donors (Lipinski definition) is 0. The highest BCUT2D eigenvalue weighted by atomic mass is 16.6. The van der Waals surface area contributed by atoms with Gasteiger partial charge in [-0.15, -0.1) is 0 Å². The van der Waals surface area contributed by atoms with E-state index in [0.29, 0.717) is 19.3 Å². The maximum Gasteiger partial charge on any atom is 0.306 e. The Kier molecular flexibility index (Phi) is 60.7. The van der Waals surface area contributed by atoms with Gasteiger partial charge in [0.05, 0.1) is 0 Å². The summed E-state index contributed by atoms with van der Waals surface area (Å²) in [5.74, 6) is -0.915. The monoisotopic (exact) mass is 1050 g/mol. The summed E-state index contributed by atoms with van der Waals surface area (Å²) < 4.78 is 16.9. The molecule has 434 valence electrons. The molecule has 0 aromatic heterocycles. The molecule has 6 heteroatoms. The zero-order valence-electron chi connectivity index (χ0n) is 49.8. The summed E-state index contributed by atoms with van der Waals surface area (Å²) in [7, 11) is 0. The Hall–Kier alpha value is -3.15. The molecule has 0 aromatic carbocycles. The third-order valence-electron chi connectivity index (χ3n) is 14.2. The van der Waals surface area contributed by atoms with Gasteiger partial charge in [-0.25, -0.2) is 0 Å². The van der Waals surface area contributed by atoms with Crippen molar-refractivity contribution in [3.8, 4) is 0 Å². The van der Waals surface area contributed by atoms with Crippen molar-refractivity contribution < 1.29 is 28.6 Å². The van der Waals surface area contributed by atoms with Gasteiger partial charge in [-0.3, -0.25) is 14.4 Å². The van der Waals surface area contributed by atoms with Crippen LogP contribution in [0.3, 0.4) is 0 Å². The van der Waals surface area contributed by atoms with Crippen LogP contribution in [0.4, 0.5) is 0 Å². The van der Waals surface area contributed by atoms with E-state index >= 15 is 0 Å². The van der Waals surface area contributed by atoms with E-state index in [2.05, 4.69) is 93.7 Å². The number of allylic oxidation sites excluding steroid dienone is 12. The number of hydrogen-bond acceptors (Lipinski definition) is 6. The van der Waals surface area contributed by atoms with E-state index in [1.54, 1.807) is 0 Å². The summed E-state index contributed by atoms with van der Waals surface area (Å²) in [5, 5.41) is 0. The molecule has 0 amide bonds. The molecule has 0 aromatic rings. The Morgan fingerprint density at radius 2 is 0.520 bits per heavy atom. The average Bonchev–Trinajstić information content (AvgIpc) is 3.41. The number of rotatable bonds is 59. The molecule has 0 fully saturated rings. The lowest BCUT2D eigenvalue weighted by Crippen LogP contribution is -2.30. The van der Waals surface area contributed by atoms with E-state index in [4.69, 9.17) is 14.2 Å². The third kappa shape index (κ3) is 61.6. The Labute approximate surface area is 465 Å². The lowest BCUT2D eigenvalue weighted by molar-refractivity contribution is -0.167. The highest BCUT2D eigenvalue weighted by molar-refractivity contribution is 5.71. The second-order valence-electron chi connectivity index (χ2n) is 21.6. The highest BCUT2D eigenvalue weighted by Gasteiger charge is 2.19. The van der Waals surface area contributed by atoms with E-state index < -0.39 is 6.10 Å². The first-order chi connectivity index (χ1) is 37.0. The van der Waals surface area contributed by atoms with E-state index in [1.165, 1.54) is 186 Å². The minimum Gasteiger partial charge on any atom is -0.462 e. The summed E-state index contributed by atoms with van der Waals surface area (Å²) >= 11 is 0. The lowest BCUT2D eigenvalue weighted by atomic mass is 10.0. The molecule has 0 aliphatic heterocycles. The van der Waals surface area contributed by atoms with Gasteiger partial charge in [0.25, 0.3) is 0 Å². The first-order valence-corrected chi connectivity index (χ1v) is 32.4. The fraction of sp³-hybridized carbons (Fsp3) is 0.783. The topological polar surface area (TPSA) is 78.9 Å². The van der Waals surface area contributed by atoms with Gasteiger partial charge in [0.1, 0.15) is 13.2 Å². The minimum atomic E-state index is -0.796. The normalized spacial score (nSPS) is 12.5. The molecule has 0 heterocycles. The van der Waals surface area contributed by atoms with Crippen molar-refractivity contribution in [3.05, 3.63) is 72.9 Å². The molecule has 0 aliphatic rings. The maximum atomic E-state index is 12.9. The predicted octanol–water partition coefficient (Wildman–Crippen LogP) is 22.1. The second-order valence-corrected chi connectivity index (χ2v) is 21.6. The first-order valence-electron chi connectivity index (χ1n) is 32.4. The molecular weight excluding hydrogens is 925 g/mol. The number of ether oxygens (including phenoxy) is 3. The summed E-state index contributed by atoms with van der Waals surface area (Å²) in [6, 6.07) is 0. The van der Waals surface area contributed by atoms with Crippen LogP contribution in [0.1, 0.15) is 329 Å². The average molecular weight is 1050 g/mol. The number of carbonyl (C=O) groups is 3. The predicted molar refractivity (Wildman–Crippen MR) is 325 cm³/mol. The van der Waals surface area contributed by atoms with Crippen LogP contribution >= 0.6 is 0 Å². The second kappa shape index (κ2) is 63.4. The SMILES string of the molecule is CC/C=C\C/C=C\C/C=C\C/C=C\C/C=C\CCCCCC(=O)OC(COC(=O)CCCCCCC/C=C\CCCCCC)COC(=O)CCCCCCCCCCCCCCCCCCCCCCCCCCC. The van der Waals surface area contributed by atoms with Crippen LogP contribution in [0.2, 0.25) is 0 Å². The van der Waals surface area contributed by atoms with Gasteiger partial charge < -0.3 is 14.2 Å². The van der Waals surface area contributed by atoms with Crippen LogP contribution in [-0.4, -0.2) is 37.2 Å². The maximum absolute atomic E-state index is 12.9. The zero-order chi connectivity index (χ0) is 54.3. The molecular formula is C69H122O6. The fourth-order valence-electron chi connectivity index (χ4n) is 9.35. The quantitative estimate of drug-likeness (QED) is 0.0261. The van der Waals surface area contributed by atoms with E-state index in [0.717, 1.165) is 103 Å². The Bertz CT molecular complexity index is 1390. The molecule has 0 bridgehead atoms. The van der Waals surface area contributed by atoms with E-state index in [9.17, 15) is 14.4 Å². The molecule has 0 saturated heterocycles. The number of unbranched alkanes of at least 4 members (excludes halogenated alkanes) is 36. The number of carbonyl (C=O) groups excluding carboxylic acids is 3. The van der Waals surface area contributed by atoms with E-state index in [1.807, 2.05) is 0 Å². The third-order valence-corrected chi connectivity index (χ3v) is 14.2. The Morgan fingerprint density at radius 3 is 0.853 bits per heavy atom. The molecule has 0 N–H and O–H groups in total. The number of esters is 3. The van der Waals surface area contributed by atoms with Crippen LogP contribution in [0.5, 0.6) is 0 Å². The van der Waals surface area contributed by atoms with Gasteiger partial charge in [-0.05, 0) is 89.9 Å². The van der Waals surface area contributed by atoms with Gasteiger partial charge in [0.15, 0.2) is 6.10 Å². The van der Waals surface area contributed by atoms with Gasteiger partial charge in [-0.2, -0.15) is 0 Å². The minimum absolute atomic E-state index is 0.0887. The zero-order valence-corrected chi connectivity index (χ0v) is 49.8. The smallest absolute Gasteiger partial charge is 0.306 e. The molecule has 0 aliphatic carbocycles. The standard InChI is InChI=1S/C69H122O6/c1-4-7-10-13-16-19-22-25-27-29-31-32-33-34-35-36-38-39-41-44-47-50-53-56-59-62-68(71)74-65-66(64-73-67(70)61-58-55-52-49-46-43-24-21-18-15-12-9-6-3)75-69(72)63-60-57-54-51-48-45-42-40-37-30-28-26-23-20-17-14-11-8-5-2/h8,11,17,20-21,24,26,28,37,40,45,48,66H,4-7,9-10,12-16,18-19,22-23,25,27,29-36,38-39,41-44,46-47,49-65H2,1-3H3/b11-8-,20-17-,24-21-,28-26-,40-37-,48-45-. The van der Waals surface area contributed by atoms with Crippen molar-refractivity contribution in [2.24, 2.45) is 0 Å². The lowest BCUT2D eigenvalue weighted by Gasteiger charge is -2.18. The molecule has 0 rings (SSSR count). The van der Waals surface area contributed by atoms with E-state index in [-0.39, 0.29) is 31.1 Å². The summed E-state index contributed by atoms with van der Waals surface area (Å²) in [4.78, 5) is 38.3. The summed E-state index contributed by atoms with van der Waals surface area (Å²) in [6.07, 6.45) is 82.1. The van der Waals surface area contributed by atoms with Crippen molar-refractivity contribution in [2.75, 3.05) is 13.2 Å². The Balaban J connectivity index is 4.31. The summed E-state index contributed by atoms with van der Waals surface area (Å²) in [6.45, 7) is 6.52. The largest absolute Gasteiger partial charge is 0.462 e. The van der Waals surface area contributed by atoms with Gasteiger partial charge in [-0.1, -0.05) is 293 Å². The first kappa shape index (κ1) is 71.8. The molecule has 0 saturated carbocycles. The molecule has 0 radical (unpaired) electrons. The van der Waals surface area contributed by atoms with Gasteiger partial charge in [0, 0.05) is 19.3 Å². The van der Waals surface area contributed by atoms with Crippen LogP contribution in [0.15, 0.2) is 72.9 Å². The fourth-order valence-corrected chi connectivity index (χ4v) is 9.35. The van der Waals surface area contributed by atoms with Crippen LogP contribution < -0.4 is 0 Å². The molecule has 1 unspecified atom stereocenters. The van der Waals surface area contributed by atoms with Crippen molar-refractivity contribution in [1.29, 1.82) is 0 Å². The van der Waals surface area contributed by atoms with Crippen LogP contribution in [-0.2, 0) is 28.6 Å². The van der Waals surface area contributed by atoms with Crippen LogP contribution in [0.25, 0.3) is 0 Å². The Morgan fingerprint density at radius 1 is 0.280 bits per heavy atom. The highest BCUT2D eigenvalue weighted by Crippen LogP contribution is 2.17. The van der Waals surface area contributed by atoms with Gasteiger partial charge in [0.2, 0.25) is 0 Å². The summed E-state index contributed by atoms with van der Waals surface area (Å²) in [5.41, 5.74) is 0. The van der Waals surface area contributed by atoms with Crippen molar-refractivity contribution in [2.45, 2.75) is 335 Å². The molecule has 75 heavy (non-hydrogen) atoms.